The van der Waals surface area contributed by atoms with Gasteiger partial charge in [0.1, 0.15) is 4.21 Å². The first-order chi connectivity index (χ1) is 8.52. The van der Waals surface area contributed by atoms with Gasteiger partial charge < -0.3 is 9.84 Å². The fourth-order valence-electron chi connectivity index (χ4n) is 1.45. The Balaban J connectivity index is 2.71. The molecule has 1 aromatic rings. The molecular weight excluding hydrogens is 274 g/mol. The number of methoxy groups -OCH3 is 1. The average Bonchev–Trinajstić information content (AvgIpc) is 2.79. The zero-order valence-electron chi connectivity index (χ0n) is 10.6. The predicted molar refractivity (Wildman–Crippen MR) is 71.4 cm³/mol. The number of thiophene rings is 1. The Labute approximate surface area is 112 Å². The largest absolute Gasteiger partial charge is 0.396 e. The lowest BCUT2D eigenvalue weighted by molar-refractivity contribution is 0.189. The maximum Gasteiger partial charge on any atom is 0.252 e. The first-order valence-corrected chi connectivity index (χ1v) is 7.93. The zero-order chi connectivity index (χ0) is 13.6. The second kappa shape index (κ2) is 7.20. The van der Waals surface area contributed by atoms with E-state index in [9.17, 15) is 8.42 Å². The Morgan fingerprint density at radius 3 is 2.78 bits per heavy atom. The van der Waals surface area contributed by atoms with Crippen molar-refractivity contribution in [3.05, 3.63) is 17.0 Å². The summed E-state index contributed by atoms with van der Waals surface area (Å²) < 4.78 is 30.9. The minimum atomic E-state index is -3.40. The van der Waals surface area contributed by atoms with Crippen LogP contribution >= 0.6 is 11.3 Å². The molecule has 5 nitrogen and oxygen atoms in total. The van der Waals surface area contributed by atoms with E-state index in [1.165, 1.54) is 15.6 Å². The van der Waals surface area contributed by atoms with Gasteiger partial charge in [0.25, 0.3) is 10.0 Å². The molecule has 0 radical (unpaired) electrons. The van der Waals surface area contributed by atoms with E-state index in [0.717, 1.165) is 4.88 Å². The number of hydrogen-bond donors (Lipinski definition) is 1. The third-order valence-electron chi connectivity index (χ3n) is 2.48. The molecule has 0 bridgehead atoms. The molecule has 1 heterocycles. The molecule has 0 aliphatic heterocycles. The van der Waals surface area contributed by atoms with E-state index >= 15 is 0 Å². The summed E-state index contributed by atoms with van der Waals surface area (Å²) in [4.78, 5) is 0.876. The summed E-state index contributed by atoms with van der Waals surface area (Å²) in [6.07, 6.45) is 1.16. The van der Waals surface area contributed by atoms with Gasteiger partial charge in [0.05, 0.1) is 0 Å². The van der Waals surface area contributed by atoms with Crippen LogP contribution in [0.5, 0.6) is 0 Å². The molecule has 0 aliphatic carbocycles. The van der Waals surface area contributed by atoms with E-state index in [0.29, 0.717) is 30.2 Å². The number of aliphatic hydroxyl groups is 1. The van der Waals surface area contributed by atoms with Crippen LogP contribution in [0.25, 0.3) is 0 Å². The van der Waals surface area contributed by atoms with E-state index in [2.05, 4.69) is 0 Å². The monoisotopic (exact) mass is 293 g/mol. The molecule has 1 aromatic heterocycles. The van der Waals surface area contributed by atoms with Gasteiger partial charge in [-0.25, -0.2) is 12.7 Å². The molecule has 1 N–H and O–H groups in total. The van der Waals surface area contributed by atoms with Crippen LogP contribution in [0.3, 0.4) is 0 Å². The van der Waals surface area contributed by atoms with Crippen LogP contribution in [0.1, 0.15) is 11.3 Å². The van der Waals surface area contributed by atoms with Crippen molar-refractivity contribution < 1.29 is 18.3 Å². The van der Waals surface area contributed by atoms with Gasteiger partial charge in [-0.1, -0.05) is 0 Å². The Bertz CT molecular complexity index is 455. The van der Waals surface area contributed by atoms with Crippen molar-refractivity contribution >= 4 is 21.4 Å². The first kappa shape index (κ1) is 15.6. The molecule has 0 aliphatic rings. The Morgan fingerprint density at radius 2 is 2.17 bits per heavy atom. The molecular formula is C11H19NO4S2. The minimum Gasteiger partial charge on any atom is -0.396 e. The van der Waals surface area contributed by atoms with Gasteiger partial charge in [-0.05, 0) is 18.6 Å². The second-order valence-electron chi connectivity index (χ2n) is 3.87. The van der Waals surface area contributed by atoms with E-state index in [-0.39, 0.29) is 6.61 Å². The van der Waals surface area contributed by atoms with Gasteiger partial charge in [0.2, 0.25) is 0 Å². The fraction of sp³-hybridized carbons (Fsp3) is 0.636. The Kier molecular flexibility index (Phi) is 6.24. The van der Waals surface area contributed by atoms with Crippen LogP contribution in [-0.2, 0) is 21.2 Å². The molecule has 0 unspecified atom stereocenters. The van der Waals surface area contributed by atoms with Gasteiger partial charge >= 0.3 is 0 Å². The highest BCUT2D eigenvalue weighted by molar-refractivity contribution is 7.91. The lowest BCUT2D eigenvalue weighted by Gasteiger charge is -2.15. The minimum absolute atomic E-state index is 0.0314. The summed E-state index contributed by atoms with van der Waals surface area (Å²) in [6, 6.07) is 3.34. The number of rotatable bonds is 8. The van der Waals surface area contributed by atoms with Gasteiger partial charge in [0.15, 0.2) is 0 Å². The number of aliphatic hydroxyl groups excluding tert-OH is 1. The summed E-state index contributed by atoms with van der Waals surface area (Å²) in [5.41, 5.74) is 0. The summed E-state index contributed by atoms with van der Waals surface area (Å²) in [5, 5.41) is 8.82. The molecule has 0 spiro atoms. The zero-order valence-corrected chi connectivity index (χ0v) is 12.3. The molecule has 0 atom stereocenters. The summed E-state index contributed by atoms with van der Waals surface area (Å²) in [7, 11) is -0.244. The van der Waals surface area contributed by atoms with Gasteiger partial charge in [-0.3, -0.25) is 0 Å². The van der Waals surface area contributed by atoms with E-state index in [4.69, 9.17) is 9.84 Å². The summed E-state index contributed by atoms with van der Waals surface area (Å²) in [5.74, 6) is 0. The quantitative estimate of drug-likeness (QED) is 0.724. The standard InChI is InChI=1S/C11H19NO4S2/c1-12(7-3-9-16-2)18(14,15)11-5-4-10(17-11)6-8-13/h4-5,13H,3,6-9H2,1-2H3. The number of nitrogens with zero attached hydrogens (tertiary/aromatic N) is 1. The first-order valence-electron chi connectivity index (χ1n) is 5.67. The highest BCUT2D eigenvalue weighted by Crippen LogP contribution is 2.24. The maximum absolute atomic E-state index is 12.2. The van der Waals surface area contributed by atoms with Crippen LogP contribution in [0.2, 0.25) is 0 Å². The third kappa shape index (κ3) is 4.03. The smallest absolute Gasteiger partial charge is 0.252 e. The Hall–Kier alpha value is -0.470. The molecule has 104 valence electrons. The van der Waals surface area contributed by atoms with E-state index in [1.54, 1.807) is 26.3 Å². The van der Waals surface area contributed by atoms with Crippen molar-refractivity contribution in [3.8, 4) is 0 Å². The SMILES string of the molecule is COCCCN(C)S(=O)(=O)c1ccc(CCO)s1. The van der Waals surface area contributed by atoms with Gasteiger partial charge in [-0.15, -0.1) is 11.3 Å². The normalized spacial score (nSPS) is 12.2. The van der Waals surface area contributed by atoms with Crippen molar-refractivity contribution in [1.29, 1.82) is 0 Å². The summed E-state index contributed by atoms with van der Waals surface area (Å²) in [6.45, 7) is 1.01. The number of sulfonamides is 1. The predicted octanol–water partition coefficient (Wildman–Crippen LogP) is 0.940. The third-order valence-corrected chi connectivity index (χ3v) is 5.95. The lowest BCUT2D eigenvalue weighted by atomic mass is 10.4. The van der Waals surface area contributed by atoms with Crippen molar-refractivity contribution in [1.82, 2.24) is 4.31 Å². The van der Waals surface area contributed by atoms with Crippen LogP contribution in [0.15, 0.2) is 16.3 Å². The van der Waals surface area contributed by atoms with Crippen molar-refractivity contribution in [2.24, 2.45) is 0 Å². The van der Waals surface area contributed by atoms with Crippen molar-refractivity contribution in [3.63, 3.8) is 0 Å². The van der Waals surface area contributed by atoms with Gasteiger partial charge in [-0.2, -0.15) is 0 Å². The average molecular weight is 293 g/mol. The molecule has 0 saturated heterocycles. The fourth-order valence-corrected chi connectivity index (χ4v) is 4.21. The molecule has 7 heteroatoms. The lowest BCUT2D eigenvalue weighted by Crippen LogP contribution is -2.27. The molecule has 0 fully saturated rings. The van der Waals surface area contributed by atoms with E-state index < -0.39 is 10.0 Å². The molecule has 0 aromatic carbocycles. The summed E-state index contributed by atoms with van der Waals surface area (Å²) >= 11 is 1.21. The molecule has 18 heavy (non-hydrogen) atoms. The topological polar surface area (TPSA) is 66.8 Å². The van der Waals surface area contributed by atoms with Crippen LogP contribution in [0.4, 0.5) is 0 Å². The van der Waals surface area contributed by atoms with Gasteiger partial charge in [0, 0.05) is 45.2 Å². The van der Waals surface area contributed by atoms with Crippen LogP contribution in [0, 0.1) is 0 Å². The Morgan fingerprint density at radius 1 is 1.44 bits per heavy atom. The second-order valence-corrected chi connectivity index (χ2v) is 7.31. The molecule has 0 saturated carbocycles. The molecule has 0 amide bonds. The molecule has 1 rings (SSSR count). The van der Waals surface area contributed by atoms with Crippen LogP contribution in [-0.4, -0.2) is 51.7 Å². The number of ether oxygens (including phenoxy) is 1. The van der Waals surface area contributed by atoms with Crippen molar-refractivity contribution in [2.45, 2.75) is 17.1 Å². The van der Waals surface area contributed by atoms with Crippen LogP contribution < -0.4 is 0 Å². The maximum atomic E-state index is 12.2. The highest BCUT2D eigenvalue weighted by Gasteiger charge is 2.22. The van der Waals surface area contributed by atoms with E-state index in [1.807, 2.05) is 0 Å². The van der Waals surface area contributed by atoms with Crippen molar-refractivity contribution in [2.75, 3.05) is 33.9 Å². The number of hydrogen-bond acceptors (Lipinski definition) is 5. The highest BCUT2D eigenvalue weighted by atomic mass is 32.2.